The number of ether oxygens (including phenoxy) is 1. The molecule has 3 nitrogen and oxygen atoms in total. The third-order valence-corrected chi connectivity index (χ3v) is 3.88. The first-order valence-corrected chi connectivity index (χ1v) is 6.32. The lowest BCUT2D eigenvalue weighted by atomic mass is 10.0. The topological polar surface area (TPSA) is 48.1 Å². The highest BCUT2D eigenvalue weighted by molar-refractivity contribution is 7.99. The lowest BCUT2D eigenvalue weighted by Crippen LogP contribution is -2.06. The van der Waals surface area contributed by atoms with Crippen molar-refractivity contribution in [2.45, 2.75) is 18.9 Å². The Morgan fingerprint density at radius 2 is 2.47 bits per heavy atom. The van der Waals surface area contributed by atoms with Crippen LogP contribution in [0.1, 0.15) is 23.6 Å². The normalized spacial score (nSPS) is 20.5. The monoisotopic (exact) mass is 224 g/mol. The van der Waals surface area contributed by atoms with Gasteiger partial charge in [-0.2, -0.15) is 11.8 Å². The number of aromatic nitrogens is 1. The summed E-state index contributed by atoms with van der Waals surface area (Å²) in [6.07, 6.45) is 1.22. The van der Waals surface area contributed by atoms with Crippen molar-refractivity contribution in [3.63, 3.8) is 0 Å². The van der Waals surface area contributed by atoms with Gasteiger partial charge in [0.05, 0.1) is 7.11 Å². The van der Waals surface area contributed by atoms with Gasteiger partial charge in [0.1, 0.15) is 0 Å². The molecule has 2 rings (SSSR count). The number of rotatable bonds is 3. The summed E-state index contributed by atoms with van der Waals surface area (Å²) in [5.41, 5.74) is 7.73. The Bertz CT molecular complexity index is 337. The lowest BCUT2D eigenvalue weighted by Gasteiger charge is -2.11. The Labute approximate surface area is 94.4 Å². The highest BCUT2D eigenvalue weighted by Gasteiger charge is 2.19. The molecule has 0 aromatic carbocycles. The number of hydrogen-bond acceptors (Lipinski definition) is 4. The van der Waals surface area contributed by atoms with Crippen LogP contribution in [0.25, 0.3) is 0 Å². The average Bonchev–Trinajstić information content (AvgIpc) is 2.81. The van der Waals surface area contributed by atoms with Crippen LogP contribution in [0, 0.1) is 0 Å². The molecule has 1 aromatic heterocycles. The predicted octanol–water partition coefficient (Wildman–Crippen LogP) is 1.77. The molecule has 1 saturated heterocycles. The van der Waals surface area contributed by atoms with Crippen molar-refractivity contribution in [1.29, 1.82) is 0 Å². The molecule has 1 aliphatic heterocycles. The van der Waals surface area contributed by atoms with E-state index in [1.165, 1.54) is 17.9 Å². The third-order valence-electron chi connectivity index (χ3n) is 2.72. The second-order valence-electron chi connectivity index (χ2n) is 3.67. The Balaban J connectivity index is 2.25. The van der Waals surface area contributed by atoms with Crippen molar-refractivity contribution in [3.05, 3.63) is 23.4 Å². The fourth-order valence-corrected chi connectivity index (χ4v) is 3.05. The van der Waals surface area contributed by atoms with Crippen LogP contribution in [-0.2, 0) is 6.54 Å². The maximum absolute atomic E-state index is 5.61. The van der Waals surface area contributed by atoms with E-state index in [2.05, 4.69) is 11.1 Å². The largest absolute Gasteiger partial charge is 0.481 e. The number of methoxy groups -OCH3 is 1. The second-order valence-corrected chi connectivity index (χ2v) is 4.82. The third kappa shape index (κ3) is 2.26. The van der Waals surface area contributed by atoms with Crippen LogP contribution in [-0.4, -0.2) is 23.6 Å². The number of nitrogens with zero attached hydrogens (tertiary/aromatic N) is 1. The smallest absolute Gasteiger partial charge is 0.217 e. The molecule has 0 aliphatic carbocycles. The first-order valence-electron chi connectivity index (χ1n) is 5.16. The van der Waals surface area contributed by atoms with Crippen molar-refractivity contribution < 1.29 is 4.74 Å². The number of hydrogen-bond donors (Lipinski definition) is 1. The molecule has 1 unspecified atom stereocenters. The summed E-state index contributed by atoms with van der Waals surface area (Å²) < 4.78 is 5.24. The van der Waals surface area contributed by atoms with Crippen LogP contribution >= 0.6 is 11.8 Å². The van der Waals surface area contributed by atoms with Crippen molar-refractivity contribution in [2.75, 3.05) is 18.6 Å². The maximum Gasteiger partial charge on any atom is 0.217 e. The predicted molar refractivity (Wildman–Crippen MR) is 63.4 cm³/mol. The second kappa shape index (κ2) is 4.86. The minimum atomic E-state index is 0.482. The van der Waals surface area contributed by atoms with Gasteiger partial charge >= 0.3 is 0 Å². The molecular formula is C11H16N2OS. The molecule has 1 aromatic rings. The van der Waals surface area contributed by atoms with Gasteiger partial charge in [0.2, 0.25) is 5.88 Å². The molecule has 0 saturated carbocycles. The summed E-state index contributed by atoms with van der Waals surface area (Å²) in [7, 11) is 1.65. The quantitative estimate of drug-likeness (QED) is 0.850. The van der Waals surface area contributed by atoms with Crippen LogP contribution in [0.4, 0.5) is 0 Å². The Morgan fingerprint density at radius 3 is 3.07 bits per heavy atom. The van der Waals surface area contributed by atoms with Crippen LogP contribution in [0.3, 0.4) is 0 Å². The van der Waals surface area contributed by atoms with Gasteiger partial charge in [-0.25, -0.2) is 4.98 Å². The number of thioether (sulfide) groups is 1. The van der Waals surface area contributed by atoms with Gasteiger partial charge in [-0.3, -0.25) is 0 Å². The highest BCUT2D eigenvalue weighted by Crippen LogP contribution is 2.32. The van der Waals surface area contributed by atoms with Crippen LogP contribution in [0.15, 0.2) is 12.1 Å². The molecule has 2 heterocycles. The molecule has 2 N–H and O–H groups in total. The van der Waals surface area contributed by atoms with Crippen molar-refractivity contribution in [1.82, 2.24) is 4.98 Å². The SMILES string of the molecule is COc1nc(C2CCSC2)ccc1CN. The van der Waals surface area contributed by atoms with E-state index in [4.69, 9.17) is 10.5 Å². The Morgan fingerprint density at radius 1 is 1.60 bits per heavy atom. The van der Waals surface area contributed by atoms with Gasteiger partial charge in [0.25, 0.3) is 0 Å². The molecule has 4 heteroatoms. The zero-order valence-corrected chi connectivity index (χ0v) is 9.72. The lowest BCUT2D eigenvalue weighted by molar-refractivity contribution is 0.390. The molecule has 1 aliphatic rings. The fourth-order valence-electron chi connectivity index (χ4n) is 1.81. The van der Waals surface area contributed by atoms with E-state index in [0.717, 1.165) is 11.3 Å². The molecule has 82 valence electrons. The molecule has 15 heavy (non-hydrogen) atoms. The highest BCUT2D eigenvalue weighted by atomic mass is 32.2. The Kier molecular flexibility index (Phi) is 3.49. The minimum absolute atomic E-state index is 0.482. The average molecular weight is 224 g/mol. The molecule has 0 radical (unpaired) electrons. The molecule has 1 atom stereocenters. The van der Waals surface area contributed by atoms with E-state index >= 15 is 0 Å². The molecular weight excluding hydrogens is 208 g/mol. The van der Waals surface area contributed by atoms with Gasteiger partial charge in [-0.05, 0) is 18.2 Å². The van der Waals surface area contributed by atoms with Crippen LogP contribution in [0.2, 0.25) is 0 Å². The number of pyridine rings is 1. The van der Waals surface area contributed by atoms with E-state index in [9.17, 15) is 0 Å². The number of nitrogens with two attached hydrogens (primary N) is 1. The van der Waals surface area contributed by atoms with Crippen LogP contribution in [0.5, 0.6) is 5.88 Å². The van der Waals surface area contributed by atoms with Crippen molar-refractivity contribution >= 4 is 11.8 Å². The molecule has 0 spiro atoms. The molecule has 0 bridgehead atoms. The zero-order chi connectivity index (χ0) is 10.7. The van der Waals surface area contributed by atoms with Crippen LogP contribution < -0.4 is 10.5 Å². The van der Waals surface area contributed by atoms with E-state index < -0.39 is 0 Å². The summed E-state index contributed by atoms with van der Waals surface area (Å²) in [6, 6.07) is 4.12. The maximum atomic E-state index is 5.61. The summed E-state index contributed by atoms with van der Waals surface area (Å²) in [6.45, 7) is 0.482. The van der Waals surface area contributed by atoms with Gasteiger partial charge in [0.15, 0.2) is 0 Å². The molecule has 1 fully saturated rings. The Hall–Kier alpha value is -0.740. The van der Waals surface area contributed by atoms with Crippen molar-refractivity contribution in [3.8, 4) is 5.88 Å². The van der Waals surface area contributed by atoms with E-state index in [-0.39, 0.29) is 0 Å². The van der Waals surface area contributed by atoms with E-state index in [1.807, 2.05) is 17.8 Å². The minimum Gasteiger partial charge on any atom is -0.481 e. The molecule has 0 amide bonds. The van der Waals surface area contributed by atoms with Gasteiger partial charge in [0, 0.05) is 29.5 Å². The first kappa shape index (κ1) is 10.8. The summed E-state index contributed by atoms with van der Waals surface area (Å²) in [4.78, 5) is 4.53. The first-order chi connectivity index (χ1) is 7.35. The standard InChI is InChI=1S/C11H16N2OS/c1-14-11-8(6-12)2-3-10(13-11)9-4-5-15-7-9/h2-3,9H,4-7,12H2,1H3. The van der Waals surface area contributed by atoms with E-state index in [0.29, 0.717) is 18.3 Å². The summed E-state index contributed by atoms with van der Waals surface area (Å²) in [5, 5.41) is 0. The van der Waals surface area contributed by atoms with Gasteiger partial charge in [-0.15, -0.1) is 0 Å². The fraction of sp³-hybridized carbons (Fsp3) is 0.545. The van der Waals surface area contributed by atoms with Gasteiger partial charge in [-0.1, -0.05) is 6.07 Å². The summed E-state index contributed by atoms with van der Waals surface area (Å²) in [5.74, 6) is 3.70. The van der Waals surface area contributed by atoms with Crippen molar-refractivity contribution in [2.24, 2.45) is 5.73 Å². The van der Waals surface area contributed by atoms with E-state index in [1.54, 1.807) is 7.11 Å². The zero-order valence-electron chi connectivity index (χ0n) is 8.90. The summed E-state index contributed by atoms with van der Waals surface area (Å²) >= 11 is 1.99. The van der Waals surface area contributed by atoms with Gasteiger partial charge < -0.3 is 10.5 Å².